The quantitative estimate of drug-likeness (QED) is 0.841. The van der Waals surface area contributed by atoms with Gasteiger partial charge in [0, 0.05) is 0 Å². The van der Waals surface area contributed by atoms with Crippen LogP contribution in [0.3, 0.4) is 0 Å². The highest BCUT2D eigenvalue weighted by molar-refractivity contribution is 5.26. The predicted octanol–water partition coefficient (Wildman–Crippen LogP) is 2.00. The number of benzene rings is 1. The molecular weight excluding hydrogens is 196 g/mol. The number of piperidine rings is 1. The van der Waals surface area contributed by atoms with Gasteiger partial charge in [-0.2, -0.15) is 0 Å². The van der Waals surface area contributed by atoms with Gasteiger partial charge in [-0.1, -0.05) is 24.3 Å². The van der Waals surface area contributed by atoms with E-state index in [0.717, 1.165) is 18.9 Å². The first kappa shape index (κ1) is 11.6. The van der Waals surface area contributed by atoms with Crippen molar-refractivity contribution in [3.63, 3.8) is 0 Å². The summed E-state index contributed by atoms with van der Waals surface area (Å²) in [7, 11) is 2.21. The molecule has 0 aliphatic carbocycles. The monoisotopic (exact) mass is 218 g/mol. The van der Waals surface area contributed by atoms with Gasteiger partial charge in [-0.15, -0.1) is 0 Å². The largest absolute Gasteiger partial charge is 0.330 e. The van der Waals surface area contributed by atoms with E-state index in [1.807, 2.05) is 0 Å². The predicted molar refractivity (Wildman–Crippen MR) is 68.7 cm³/mol. The van der Waals surface area contributed by atoms with Crippen LogP contribution in [0.25, 0.3) is 0 Å². The maximum absolute atomic E-state index is 5.55. The Labute approximate surface area is 98.4 Å². The lowest BCUT2D eigenvalue weighted by atomic mass is 9.89. The van der Waals surface area contributed by atoms with Gasteiger partial charge in [-0.3, -0.25) is 0 Å². The highest BCUT2D eigenvalue weighted by atomic mass is 15.1. The van der Waals surface area contributed by atoms with Gasteiger partial charge in [0.15, 0.2) is 0 Å². The molecule has 0 saturated carbocycles. The van der Waals surface area contributed by atoms with Crippen molar-refractivity contribution >= 4 is 0 Å². The Bertz CT molecular complexity index is 310. The third-order valence-electron chi connectivity index (χ3n) is 3.60. The molecule has 0 radical (unpaired) electrons. The second-order valence-electron chi connectivity index (χ2n) is 4.86. The van der Waals surface area contributed by atoms with Crippen LogP contribution >= 0.6 is 0 Å². The van der Waals surface area contributed by atoms with Gasteiger partial charge in [-0.25, -0.2) is 0 Å². The van der Waals surface area contributed by atoms with Crippen molar-refractivity contribution in [2.75, 3.05) is 26.7 Å². The van der Waals surface area contributed by atoms with Gasteiger partial charge < -0.3 is 10.6 Å². The lowest BCUT2D eigenvalue weighted by molar-refractivity contribution is 0.255. The summed E-state index contributed by atoms with van der Waals surface area (Å²) in [5.41, 5.74) is 8.42. The minimum Gasteiger partial charge on any atom is -0.330 e. The van der Waals surface area contributed by atoms with Gasteiger partial charge in [0.05, 0.1) is 0 Å². The van der Waals surface area contributed by atoms with Gasteiger partial charge in [0.1, 0.15) is 0 Å². The van der Waals surface area contributed by atoms with E-state index in [2.05, 4.69) is 36.2 Å². The second-order valence-corrected chi connectivity index (χ2v) is 4.86. The first-order valence-electron chi connectivity index (χ1n) is 6.27. The van der Waals surface area contributed by atoms with Crippen LogP contribution in [0.5, 0.6) is 0 Å². The van der Waals surface area contributed by atoms with E-state index in [-0.39, 0.29) is 0 Å². The molecule has 2 nitrogen and oxygen atoms in total. The number of rotatable bonds is 3. The summed E-state index contributed by atoms with van der Waals surface area (Å²) in [4.78, 5) is 2.42. The molecule has 0 atom stereocenters. The summed E-state index contributed by atoms with van der Waals surface area (Å²) < 4.78 is 0. The standard InChI is InChI=1S/C14H22N2/c1-16-10-7-14(8-11-16)13-4-2-12(3-5-13)6-9-15/h2-5,14H,6-11,15H2,1H3. The summed E-state index contributed by atoms with van der Waals surface area (Å²) in [5, 5.41) is 0. The van der Waals surface area contributed by atoms with E-state index in [1.54, 1.807) is 0 Å². The minimum absolute atomic E-state index is 0.744. The van der Waals surface area contributed by atoms with Crippen molar-refractivity contribution in [1.29, 1.82) is 0 Å². The number of nitrogens with zero attached hydrogens (tertiary/aromatic N) is 1. The topological polar surface area (TPSA) is 29.3 Å². The number of likely N-dealkylation sites (tertiary alicyclic amines) is 1. The Morgan fingerprint density at radius 2 is 1.81 bits per heavy atom. The first-order valence-corrected chi connectivity index (χ1v) is 6.27. The van der Waals surface area contributed by atoms with E-state index >= 15 is 0 Å². The van der Waals surface area contributed by atoms with E-state index < -0.39 is 0 Å². The Morgan fingerprint density at radius 1 is 1.19 bits per heavy atom. The smallest absolute Gasteiger partial charge is 0.00159 e. The van der Waals surface area contributed by atoms with Gasteiger partial charge >= 0.3 is 0 Å². The molecule has 1 aliphatic rings. The average Bonchev–Trinajstić information content (AvgIpc) is 2.32. The van der Waals surface area contributed by atoms with Crippen LogP contribution in [-0.4, -0.2) is 31.6 Å². The molecule has 0 aromatic heterocycles. The minimum atomic E-state index is 0.744. The molecule has 0 amide bonds. The van der Waals surface area contributed by atoms with Crippen molar-refractivity contribution in [2.45, 2.75) is 25.2 Å². The maximum atomic E-state index is 5.55. The highest BCUT2D eigenvalue weighted by Gasteiger charge is 2.17. The Balaban J connectivity index is 1.98. The van der Waals surface area contributed by atoms with Crippen LogP contribution in [0.2, 0.25) is 0 Å². The second kappa shape index (κ2) is 5.46. The van der Waals surface area contributed by atoms with Crippen molar-refractivity contribution in [3.05, 3.63) is 35.4 Å². The fourth-order valence-electron chi connectivity index (χ4n) is 2.47. The molecule has 0 spiro atoms. The summed E-state index contributed by atoms with van der Waals surface area (Å²) in [6.07, 6.45) is 3.59. The van der Waals surface area contributed by atoms with Gasteiger partial charge in [-0.05, 0) is 63.0 Å². The van der Waals surface area contributed by atoms with Gasteiger partial charge in [0.25, 0.3) is 0 Å². The van der Waals surface area contributed by atoms with Gasteiger partial charge in [0.2, 0.25) is 0 Å². The molecule has 2 rings (SSSR count). The number of hydrogen-bond donors (Lipinski definition) is 1. The zero-order valence-electron chi connectivity index (χ0n) is 10.2. The highest BCUT2D eigenvalue weighted by Crippen LogP contribution is 2.27. The molecule has 0 bridgehead atoms. The molecule has 1 saturated heterocycles. The third-order valence-corrected chi connectivity index (χ3v) is 3.60. The molecule has 16 heavy (non-hydrogen) atoms. The Hall–Kier alpha value is -0.860. The van der Waals surface area contributed by atoms with E-state index in [4.69, 9.17) is 5.73 Å². The molecular formula is C14H22N2. The third kappa shape index (κ3) is 2.83. The van der Waals surface area contributed by atoms with E-state index in [9.17, 15) is 0 Å². The van der Waals surface area contributed by atoms with Crippen LogP contribution in [0, 0.1) is 0 Å². The van der Waals surface area contributed by atoms with Crippen molar-refractivity contribution in [1.82, 2.24) is 4.90 Å². The summed E-state index contributed by atoms with van der Waals surface area (Å²) in [6.45, 7) is 3.21. The van der Waals surface area contributed by atoms with Crippen LogP contribution < -0.4 is 5.73 Å². The zero-order valence-corrected chi connectivity index (χ0v) is 10.2. The normalized spacial score (nSPS) is 18.9. The molecule has 1 heterocycles. The van der Waals surface area contributed by atoms with E-state index in [1.165, 1.54) is 37.1 Å². The number of nitrogens with two attached hydrogens (primary N) is 1. The van der Waals surface area contributed by atoms with Crippen LogP contribution in [-0.2, 0) is 6.42 Å². The van der Waals surface area contributed by atoms with Crippen LogP contribution in [0.4, 0.5) is 0 Å². The van der Waals surface area contributed by atoms with Crippen molar-refractivity contribution < 1.29 is 0 Å². The maximum Gasteiger partial charge on any atom is -0.00159 e. The molecule has 1 aliphatic heterocycles. The van der Waals surface area contributed by atoms with Crippen LogP contribution in [0.15, 0.2) is 24.3 Å². The molecule has 0 unspecified atom stereocenters. The average molecular weight is 218 g/mol. The van der Waals surface area contributed by atoms with E-state index in [0.29, 0.717) is 0 Å². The SMILES string of the molecule is CN1CCC(c2ccc(CCN)cc2)CC1. The zero-order chi connectivity index (χ0) is 11.4. The summed E-state index contributed by atoms with van der Waals surface area (Å²) in [5.74, 6) is 0.767. The fourth-order valence-corrected chi connectivity index (χ4v) is 2.47. The summed E-state index contributed by atoms with van der Waals surface area (Å²) in [6, 6.07) is 9.06. The van der Waals surface area contributed by atoms with Crippen LogP contribution in [0.1, 0.15) is 29.9 Å². The Morgan fingerprint density at radius 3 is 2.38 bits per heavy atom. The molecule has 1 aromatic rings. The van der Waals surface area contributed by atoms with Crippen molar-refractivity contribution in [3.8, 4) is 0 Å². The number of hydrogen-bond acceptors (Lipinski definition) is 2. The fraction of sp³-hybridized carbons (Fsp3) is 0.571. The molecule has 1 aromatic carbocycles. The first-order chi connectivity index (χ1) is 7.79. The summed E-state index contributed by atoms with van der Waals surface area (Å²) >= 11 is 0. The van der Waals surface area contributed by atoms with Crippen molar-refractivity contribution in [2.24, 2.45) is 5.73 Å². The molecule has 2 N–H and O–H groups in total. The molecule has 1 fully saturated rings. The lowest BCUT2D eigenvalue weighted by Gasteiger charge is -2.29. The lowest BCUT2D eigenvalue weighted by Crippen LogP contribution is -2.29. The Kier molecular flexibility index (Phi) is 3.97. The molecule has 88 valence electrons. The molecule has 2 heteroatoms.